The van der Waals surface area contributed by atoms with Crippen LogP contribution in [0.5, 0.6) is 5.75 Å². The van der Waals surface area contributed by atoms with Crippen LogP contribution in [-0.4, -0.2) is 60.2 Å². The molecule has 0 aliphatic carbocycles. The fraction of sp³-hybridized carbons (Fsp3) is 0.375. The van der Waals surface area contributed by atoms with Crippen LogP contribution in [0, 0.1) is 0 Å². The number of hydrogen-bond acceptors (Lipinski definition) is 6. The van der Waals surface area contributed by atoms with Gasteiger partial charge in [-0.25, -0.2) is 4.79 Å². The third-order valence-electron chi connectivity index (χ3n) is 6.02. The summed E-state index contributed by atoms with van der Waals surface area (Å²) in [5, 5.41) is 0. The Hall–Kier alpha value is -3.59. The number of carbonyl (C=O) groups excluding carboxylic acids is 2. The first-order valence-electron chi connectivity index (χ1n) is 11.1. The number of aromatic nitrogens is 1. The maximum Gasteiger partial charge on any atom is 0.419 e. The van der Waals surface area contributed by atoms with E-state index in [1.807, 2.05) is 36.4 Å². The number of amides is 2. The SMILES string of the molecule is O=C([C@@H]1CN(C(=O)CCCn2c(=O)oc3ccccc32)c2ccccc2O1)N1CCOCC1. The van der Waals surface area contributed by atoms with Gasteiger partial charge in [0.15, 0.2) is 11.7 Å². The highest BCUT2D eigenvalue weighted by Gasteiger charge is 2.36. The summed E-state index contributed by atoms with van der Waals surface area (Å²) in [5.74, 6) is -0.175. The van der Waals surface area contributed by atoms with Gasteiger partial charge in [-0.3, -0.25) is 14.2 Å². The van der Waals surface area contributed by atoms with Gasteiger partial charge in [-0.15, -0.1) is 0 Å². The van der Waals surface area contributed by atoms with Crippen molar-refractivity contribution in [3.8, 4) is 5.75 Å². The van der Waals surface area contributed by atoms with Crippen LogP contribution in [0.4, 0.5) is 5.69 Å². The zero-order valence-electron chi connectivity index (χ0n) is 18.1. The molecule has 2 aromatic carbocycles. The minimum absolute atomic E-state index is 0.119. The molecule has 0 radical (unpaired) electrons. The maximum absolute atomic E-state index is 13.2. The molecule has 33 heavy (non-hydrogen) atoms. The van der Waals surface area contributed by atoms with E-state index in [-0.39, 0.29) is 24.8 Å². The molecular weight excluding hydrogens is 426 g/mol. The van der Waals surface area contributed by atoms with Crippen molar-refractivity contribution in [1.82, 2.24) is 9.47 Å². The smallest absolute Gasteiger partial charge is 0.419 e. The average Bonchev–Trinajstić information content (AvgIpc) is 3.18. The minimum atomic E-state index is -0.762. The summed E-state index contributed by atoms with van der Waals surface area (Å²) in [6.45, 7) is 2.55. The van der Waals surface area contributed by atoms with E-state index in [0.29, 0.717) is 61.8 Å². The van der Waals surface area contributed by atoms with Crippen LogP contribution in [-0.2, 0) is 20.9 Å². The van der Waals surface area contributed by atoms with Gasteiger partial charge in [0.1, 0.15) is 5.75 Å². The van der Waals surface area contributed by atoms with Crippen molar-refractivity contribution in [2.75, 3.05) is 37.7 Å². The number of nitrogens with zero attached hydrogens (tertiary/aromatic N) is 3. The van der Waals surface area contributed by atoms with E-state index < -0.39 is 11.9 Å². The van der Waals surface area contributed by atoms with Gasteiger partial charge in [-0.1, -0.05) is 24.3 Å². The van der Waals surface area contributed by atoms with Crippen molar-refractivity contribution in [3.05, 3.63) is 59.1 Å². The summed E-state index contributed by atoms with van der Waals surface area (Å²) in [4.78, 5) is 41.7. The van der Waals surface area contributed by atoms with E-state index in [0.717, 1.165) is 0 Å². The predicted octanol–water partition coefficient (Wildman–Crippen LogP) is 2.03. The molecule has 1 aromatic heterocycles. The number of anilines is 1. The second-order valence-electron chi connectivity index (χ2n) is 8.11. The molecule has 0 spiro atoms. The summed E-state index contributed by atoms with van der Waals surface area (Å²) >= 11 is 0. The number of oxazole rings is 1. The van der Waals surface area contributed by atoms with E-state index >= 15 is 0 Å². The molecule has 1 atom stereocenters. The first kappa shape index (κ1) is 21.3. The quantitative estimate of drug-likeness (QED) is 0.589. The molecule has 0 bridgehead atoms. The van der Waals surface area contributed by atoms with Crippen molar-refractivity contribution in [1.29, 1.82) is 0 Å². The van der Waals surface area contributed by atoms with Crippen LogP contribution in [0.1, 0.15) is 12.8 Å². The van der Waals surface area contributed by atoms with E-state index in [1.54, 1.807) is 26.5 Å². The first-order chi connectivity index (χ1) is 16.1. The highest BCUT2D eigenvalue weighted by Crippen LogP contribution is 2.34. The molecular formula is C24H25N3O6. The van der Waals surface area contributed by atoms with Gasteiger partial charge < -0.3 is 23.7 Å². The Labute approximate surface area is 190 Å². The van der Waals surface area contributed by atoms with Gasteiger partial charge in [0.05, 0.1) is 31.0 Å². The van der Waals surface area contributed by atoms with Gasteiger partial charge in [-0.2, -0.15) is 0 Å². The van der Waals surface area contributed by atoms with Gasteiger partial charge in [0.2, 0.25) is 5.91 Å². The summed E-state index contributed by atoms with van der Waals surface area (Å²) in [7, 11) is 0. The highest BCUT2D eigenvalue weighted by atomic mass is 16.5. The Bertz CT molecular complexity index is 1230. The number of hydrogen-bond donors (Lipinski definition) is 0. The molecule has 2 amide bonds. The molecule has 1 fully saturated rings. The topological polar surface area (TPSA) is 94.2 Å². The number of carbonyl (C=O) groups is 2. The van der Waals surface area contributed by atoms with Gasteiger partial charge in [0, 0.05) is 26.1 Å². The Kier molecular flexibility index (Phi) is 5.87. The van der Waals surface area contributed by atoms with Gasteiger partial charge >= 0.3 is 5.76 Å². The predicted molar refractivity (Wildman–Crippen MR) is 120 cm³/mol. The Balaban J connectivity index is 1.29. The van der Waals surface area contributed by atoms with E-state index in [1.165, 1.54) is 0 Å². The molecule has 3 heterocycles. The first-order valence-corrected chi connectivity index (χ1v) is 11.1. The lowest BCUT2D eigenvalue weighted by molar-refractivity contribution is -0.142. The Morgan fingerprint density at radius 2 is 1.76 bits per heavy atom. The summed E-state index contributed by atoms with van der Waals surface area (Å²) < 4.78 is 18.1. The lowest BCUT2D eigenvalue weighted by atomic mass is 10.1. The molecule has 9 nitrogen and oxygen atoms in total. The lowest BCUT2D eigenvalue weighted by Crippen LogP contribution is -2.54. The molecule has 0 saturated carbocycles. The van der Waals surface area contributed by atoms with E-state index in [9.17, 15) is 14.4 Å². The summed E-state index contributed by atoms with van der Waals surface area (Å²) in [6.07, 6.45) is -0.0785. The monoisotopic (exact) mass is 451 g/mol. The molecule has 9 heteroatoms. The van der Waals surface area contributed by atoms with Gasteiger partial charge in [-0.05, 0) is 30.7 Å². The van der Waals surface area contributed by atoms with Crippen molar-refractivity contribution < 1.29 is 23.5 Å². The summed E-state index contributed by atoms with van der Waals surface area (Å²) in [6, 6.07) is 14.5. The fourth-order valence-corrected chi connectivity index (χ4v) is 4.34. The molecule has 1 saturated heterocycles. The van der Waals surface area contributed by atoms with Crippen LogP contribution >= 0.6 is 0 Å². The Morgan fingerprint density at radius 3 is 2.61 bits per heavy atom. The van der Waals surface area contributed by atoms with Crippen LogP contribution < -0.4 is 15.4 Å². The molecule has 5 rings (SSSR count). The van der Waals surface area contributed by atoms with Crippen molar-refractivity contribution in [2.45, 2.75) is 25.5 Å². The number of ether oxygens (including phenoxy) is 2. The lowest BCUT2D eigenvalue weighted by Gasteiger charge is -2.37. The molecule has 2 aliphatic heterocycles. The second-order valence-corrected chi connectivity index (χ2v) is 8.11. The van der Waals surface area contributed by atoms with Crippen LogP contribution in [0.3, 0.4) is 0 Å². The highest BCUT2D eigenvalue weighted by molar-refractivity contribution is 5.97. The van der Waals surface area contributed by atoms with E-state index in [4.69, 9.17) is 13.9 Å². The number of aryl methyl sites for hydroxylation is 1. The number of benzene rings is 2. The zero-order valence-corrected chi connectivity index (χ0v) is 18.1. The molecule has 3 aromatic rings. The molecule has 0 unspecified atom stereocenters. The zero-order chi connectivity index (χ0) is 22.8. The third kappa shape index (κ3) is 4.23. The number of morpholine rings is 1. The van der Waals surface area contributed by atoms with Crippen LogP contribution in [0.25, 0.3) is 11.1 Å². The fourth-order valence-electron chi connectivity index (χ4n) is 4.34. The normalized spacial score (nSPS) is 18.1. The third-order valence-corrected chi connectivity index (χ3v) is 6.02. The van der Waals surface area contributed by atoms with Crippen LogP contribution in [0.15, 0.2) is 57.7 Å². The van der Waals surface area contributed by atoms with Crippen molar-refractivity contribution >= 4 is 28.6 Å². The molecule has 0 N–H and O–H groups in total. The molecule has 172 valence electrons. The largest absolute Gasteiger partial charge is 0.476 e. The number of fused-ring (bicyclic) bond motifs is 2. The maximum atomic E-state index is 13.2. The van der Waals surface area contributed by atoms with Crippen molar-refractivity contribution in [3.63, 3.8) is 0 Å². The van der Waals surface area contributed by atoms with Gasteiger partial charge in [0.25, 0.3) is 5.91 Å². The van der Waals surface area contributed by atoms with Crippen molar-refractivity contribution in [2.24, 2.45) is 0 Å². The molecule has 2 aliphatic rings. The second kappa shape index (κ2) is 9.11. The minimum Gasteiger partial charge on any atom is -0.476 e. The number of para-hydroxylation sites is 4. The summed E-state index contributed by atoms with van der Waals surface area (Å²) in [5.41, 5.74) is 1.89. The number of rotatable bonds is 5. The van der Waals surface area contributed by atoms with Crippen LogP contribution in [0.2, 0.25) is 0 Å². The average molecular weight is 451 g/mol. The standard InChI is InChI=1S/C24H25N3O6/c28-22(10-5-11-26-17-6-1-4-9-20(17)33-24(26)30)27-16-21(23(29)25-12-14-31-15-13-25)32-19-8-3-2-7-18(19)27/h1-4,6-9,21H,5,10-16H2/t21-/m0/s1. The van der Waals surface area contributed by atoms with E-state index in [2.05, 4.69) is 0 Å². The Morgan fingerprint density at radius 1 is 1.00 bits per heavy atom.